The second-order valence-electron chi connectivity index (χ2n) is 6.44. The number of rotatable bonds is 8. The maximum Gasteiger partial charge on any atom is 0.224 e. The van der Waals surface area contributed by atoms with E-state index in [1.165, 1.54) is 6.07 Å². The van der Waals surface area contributed by atoms with Crippen molar-refractivity contribution < 1.29 is 23.9 Å². The first-order valence-corrected chi connectivity index (χ1v) is 10.1. The maximum atomic E-state index is 13.3. The van der Waals surface area contributed by atoms with Crippen LogP contribution in [0.1, 0.15) is 58.5 Å². The van der Waals surface area contributed by atoms with E-state index in [0.717, 1.165) is 0 Å². The molecular weight excluding hydrogens is 394 g/mol. The lowest BCUT2D eigenvalue weighted by molar-refractivity contribution is -0.116. The topological polar surface area (TPSA) is 81.7 Å². The van der Waals surface area contributed by atoms with Gasteiger partial charge in [-0.25, -0.2) is 0 Å². The van der Waals surface area contributed by atoms with Gasteiger partial charge in [-0.15, -0.1) is 11.6 Å². The molecule has 1 amide bonds. The third-order valence-electron chi connectivity index (χ3n) is 4.49. The lowest BCUT2D eigenvalue weighted by atomic mass is 9.82. The predicted octanol–water partition coefficient (Wildman–Crippen LogP) is 4.22. The summed E-state index contributed by atoms with van der Waals surface area (Å²) in [4.78, 5) is 38.6. The first-order valence-electron chi connectivity index (χ1n) is 9.53. The van der Waals surface area contributed by atoms with Gasteiger partial charge in [0.15, 0.2) is 5.78 Å². The van der Waals surface area contributed by atoms with Crippen LogP contribution < -0.4 is 14.8 Å². The quantitative estimate of drug-likeness (QED) is 0.557. The van der Waals surface area contributed by atoms with E-state index in [0.29, 0.717) is 37.0 Å². The standard InChI is InChI=1S/C22H22ClNO5/c1-3-28-16-8-5-7-14-19(16)22(27)20-15(21(14)26)11-13(12-17(20)29-4-2)24-18(25)9-6-10-23/h5,7-8,11-12H,3-4,6,9-10H2,1-2H3,(H,24,25). The van der Waals surface area contributed by atoms with Crippen molar-refractivity contribution in [2.24, 2.45) is 0 Å². The fraction of sp³-hybridized carbons (Fsp3) is 0.318. The highest BCUT2D eigenvalue weighted by molar-refractivity contribution is 6.30. The Balaban J connectivity index is 2.09. The van der Waals surface area contributed by atoms with Crippen molar-refractivity contribution in [3.8, 4) is 11.5 Å². The average Bonchev–Trinajstić information content (AvgIpc) is 2.70. The number of carbonyl (C=O) groups excluding carboxylic acids is 3. The second-order valence-corrected chi connectivity index (χ2v) is 6.82. The molecule has 7 heteroatoms. The van der Waals surface area contributed by atoms with Gasteiger partial charge in [-0.05, 0) is 32.4 Å². The molecule has 1 aliphatic carbocycles. The minimum atomic E-state index is -0.331. The molecule has 6 nitrogen and oxygen atoms in total. The van der Waals surface area contributed by atoms with Gasteiger partial charge >= 0.3 is 0 Å². The lowest BCUT2D eigenvalue weighted by Gasteiger charge is -2.23. The number of fused-ring (bicyclic) bond motifs is 2. The molecule has 0 aliphatic heterocycles. The lowest BCUT2D eigenvalue weighted by Crippen LogP contribution is -2.24. The third-order valence-corrected chi connectivity index (χ3v) is 4.76. The molecule has 0 fully saturated rings. The molecule has 1 aliphatic rings. The van der Waals surface area contributed by atoms with Crippen LogP contribution >= 0.6 is 11.6 Å². The zero-order chi connectivity index (χ0) is 21.0. The van der Waals surface area contributed by atoms with E-state index in [4.69, 9.17) is 21.1 Å². The summed E-state index contributed by atoms with van der Waals surface area (Å²) < 4.78 is 11.2. The number of halogens is 1. The van der Waals surface area contributed by atoms with Crippen LogP contribution in [0, 0.1) is 0 Å². The molecule has 29 heavy (non-hydrogen) atoms. The summed E-state index contributed by atoms with van der Waals surface area (Å²) in [5, 5.41) is 2.75. The molecule has 0 saturated heterocycles. The van der Waals surface area contributed by atoms with Crippen LogP contribution in [-0.2, 0) is 4.79 Å². The van der Waals surface area contributed by atoms with Crippen molar-refractivity contribution >= 4 is 34.8 Å². The van der Waals surface area contributed by atoms with E-state index in [1.54, 1.807) is 31.2 Å². The number of amides is 1. The smallest absolute Gasteiger partial charge is 0.224 e. The highest BCUT2D eigenvalue weighted by Gasteiger charge is 2.35. The van der Waals surface area contributed by atoms with Crippen LogP contribution in [0.4, 0.5) is 5.69 Å². The van der Waals surface area contributed by atoms with E-state index in [-0.39, 0.29) is 51.9 Å². The number of ketones is 2. The Morgan fingerprint density at radius 2 is 1.66 bits per heavy atom. The Morgan fingerprint density at radius 1 is 0.966 bits per heavy atom. The second kappa shape index (κ2) is 9.09. The first-order chi connectivity index (χ1) is 14.0. The van der Waals surface area contributed by atoms with Gasteiger partial charge < -0.3 is 14.8 Å². The maximum absolute atomic E-state index is 13.3. The van der Waals surface area contributed by atoms with E-state index < -0.39 is 0 Å². The number of alkyl halides is 1. The van der Waals surface area contributed by atoms with Crippen LogP contribution in [0.2, 0.25) is 0 Å². The zero-order valence-electron chi connectivity index (χ0n) is 16.3. The third kappa shape index (κ3) is 4.12. The predicted molar refractivity (Wildman–Crippen MR) is 111 cm³/mol. The molecule has 2 aromatic rings. The fourth-order valence-electron chi connectivity index (χ4n) is 3.32. The van der Waals surface area contributed by atoms with Gasteiger partial charge in [0.1, 0.15) is 11.5 Å². The van der Waals surface area contributed by atoms with Gasteiger partial charge in [0, 0.05) is 35.2 Å². The number of carbonyl (C=O) groups is 3. The summed E-state index contributed by atoms with van der Waals surface area (Å²) in [6, 6.07) is 8.05. The van der Waals surface area contributed by atoms with Crippen molar-refractivity contribution in [3.05, 3.63) is 52.6 Å². The minimum absolute atomic E-state index is 0.190. The Bertz CT molecular complexity index is 970. The van der Waals surface area contributed by atoms with Gasteiger partial charge in [-0.2, -0.15) is 0 Å². The molecule has 0 spiro atoms. The summed E-state index contributed by atoms with van der Waals surface area (Å²) in [6.07, 6.45) is 0.805. The molecule has 0 unspecified atom stereocenters. The molecular formula is C22H22ClNO5. The van der Waals surface area contributed by atoms with Crippen molar-refractivity contribution in [1.29, 1.82) is 0 Å². The van der Waals surface area contributed by atoms with Crippen LogP contribution in [-0.4, -0.2) is 36.6 Å². The van der Waals surface area contributed by atoms with Crippen molar-refractivity contribution in [1.82, 2.24) is 0 Å². The summed E-state index contributed by atoms with van der Waals surface area (Å²) >= 11 is 5.64. The normalized spacial score (nSPS) is 12.2. The first kappa shape index (κ1) is 20.9. The van der Waals surface area contributed by atoms with E-state index >= 15 is 0 Å². The van der Waals surface area contributed by atoms with Gasteiger partial charge in [-0.3, -0.25) is 14.4 Å². The van der Waals surface area contributed by atoms with Crippen LogP contribution in [0.3, 0.4) is 0 Å². The van der Waals surface area contributed by atoms with Crippen molar-refractivity contribution in [2.75, 3.05) is 24.4 Å². The number of benzene rings is 2. The van der Waals surface area contributed by atoms with Crippen molar-refractivity contribution in [2.45, 2.75) is 26.7 Å². The molecule has 0 aromatic heterocycles. The van der Waals surface area contributed by atoms with Crippen LogP contribution in [0.25, 0.3) is 0 Å². The van der Waals surface area contributed by atoms with Gasteiger partial charge in [-0.1, -0.05) is 12.1 Å². The molecule has 0 atom stereocenters. The number of ether oxygens (including phenoxy) is 2. The number of nitrogens with one attached hydrogen (secondary N) is 1. The summed E-state index contributed by atoms with van der Waals surface area (Å²) in [6.45, 7) is 4.27. The molecule has 152 valence electrons. The Labute approximate surface area is 174 Å². The van der Waals surface area contributed by atoms with E-state index in [2.05, 4.69) is 5.32 Å². The monoisotopic (exact) mass is 415 g/mol. The van der Waals surface area contributed by atoms with Gasteiger partial charge in [0.05, 0.1) is 24.3 Å². The highest BCUT2D eigenvalue weighted by Crippen LogP contribution is 2.39. The number of hydrogen-bond acceptors (Lipinski definition) is 5. The molecule has 2 aromatic carbocycles. The van der Waals surface area contributed by atoms with Gasteiger partial charge in [0.25, 0.3) is 0 Å². The Morgan fingerprint density at radius 3 is 2.34 bits per heavy atom. The SMILES string of the molecule is CCOc1cccc2c1C(=O)c1c(OCC)cc(NC(=O)CCCCl)cc1C2=O. The number of hydrogen-bond donors (Lipinski definition) is 1. The molecule has 0 saturated carbocycles. The zero-order valence-corrected chi connectivity index (χ0v) is 17.1. The molecule has 1 N–H and O–H groups in total. The minimum Gasteiger partial charge on any atom is -0.493 e. The molecule has 0 bridgehead atoms. The summed E-state index contributed by atoms with van der Waals surface area (Å²) in [7, 11) is 0. The fourth-order valence-corrected chi connectivity index (χ4v) is 3.46. The Kier molecular flexibility index (Phi) is 6.54. The average molecular weight is 416 g/mol. The van der Waals surface area contributed by atoms with Gasteiger partial charge in [0.2, 0.25) is 11.7 Å². The molecule has 3 rings (SSSR count). The highest BCUT2D eigenvalue weighted by atomic mass is 35.5. The van der Waals surface area contributed by atoms with Crippen LogP contribution in [0.15, 0.2) is 30.3 Å². The summed E-state index contributed by atoms with van der Waals surface area (Å²) in [5.74, 6) is 0.147. The largest absolute Gasteiger partial charge is 0.493 e. The Hall–Kier alpha value is -2.86. The van der Waals surface area contributed by atoms with Crippen molar-refractivity contribution in [3.63, 3.8) is 0 Å². The van der Waals surface area contributed by atoms with E-state index in [1.807, 2.05) is 6.92 Å². The molecule has 0 heterocycles. The van der Waals surface area contributed by atoms with E-state index in [9.17, 15) is 14.4 Å². The van der Waals surface area contributed by atoms with Crippen LogP contribution in [0.5, 0.6) is 11.5 Å². The molecule has 0 radical (unpaired) electrons. The summed E-state index contributed by atoms with van der Waals surface area (Å²) in [5.41, 5.74) is 1.32. The number of anilines is 1.